The van der Waals surface area contributed by atoms with Crippen LogP contribution in [0, 0.1) is 0 Å². The molecule has 64 valence electrons. The minimum absolute atomic E-state index is 0. The van der Waals surface area contributed by atoms with Gasteiger partial charge in [0.2, 0.25) is 6.09 Å². The van der Waals surface area contributed by atoms with E-state index in [1.807, 2.05) is 0 Å². The highest BCUT2D eigenvalue weighted by Crippen LogP contribution is 2.15. The van der Waals surface area contributed by atoms with Gasteiger partial charge in [-0.15, -0.1) is 0 Å². The number of amides is 1. The van der Waals surface area contributed by atoms with Gasteiger partial charge in [-0.05, 0) is 0 Å². The summed E-state index contributed by atoms with van der Waals surface area (Å²) in [6.07, 6.45) is -0.824. The van der Waals surface area contributed by atoms with E-state index in [9.17, 15) is 4.79 Å². The van der Waals surface area contributed by atoms with Gasteiger partial charge >= 0.3 is 5.96 Å². The minimum Gasteiger partial charge on any atom is -0.517 e. The normalized spacial score (nSPS) is 18.5. The lowest BCUT2D eigenvalue weighted by Gasteiger charge is -2.14. The number of rotatable bonds is 0. The Labute approximate surface area is 65.5 Å². The van der Waals surface area contributed by atoms with Gasteiger partial charge in [0.15, 0.2) is 0 Å². The van der Waals surface area contributed by atoms with Crippen LogP contribution in [0.2, 0.25) is 0 Å². The van der Waals surface area contributed by atoms with Gasteiger partial charge in [0.25, 0.3) is 0 Å². The summed E-state index contributed by atoms with van der Waals surface area (Å²) in [7, 11) is 0. The van der Waals surface area contributed by atoms with E-state index >= 15 is 0 Å². The summed E-state index contributed by atoms with van der Waals surface area (Å²) in [5, 5.41) is 13.0. The Morgan fingerprint density at radius 3 is 2.50 bits per heavy atom. The maximum atomic E-state index is 10.3. The third kappa shape index (κ3) is 1.17. The molecule has 0 bridgehead atoms. The van der Waals surface area contributed by atoms with Crippen molar-refractivity contribution in [3.63, 3.8) is 0 Å². The average Bonchev–Trinajstić information content (AvgIpc) is 2.55. The van der Waals surface area contributed by atoms with Crippen LogP contribution in [-0.4, -0.2) is 16.8 Å². The summed E-state index contributed by atoms with van der Waals surface area (Å²) in [4.78, 5) is 15.2. The summed E-state index contributed by atoms with van der Waals surface area (Å²) in [5.74, 6) is -0.00384. The molecule has 0 atom stereocenters. The minimum atomic E-state index is -0.824. The second kappa shape index (κ2) is 2.87. The van der Waals surface area contributed by atoms with E-state index in [1.165, 1.54) is 0 Å². The monoisotopic (exact) mass is 172 g/mol. The van der Waals surface area contributed by atoms with E-state index < -0.39 is 6.09 Å². The molecule has 10 nitrogen and oxygen atoms in total. The second-order valence-corrected chi connectivity index (χ2v) is 1.51. The summed E-state index contributed by atoms with van der Waals surface area (Å²) in [6.45, 7) is 0. The molecule has 4 N–H and O–H groups in total. The van der Waals surface area contributed by atoms with Crippen molar-refractivity contribution in [1.29, 1.82) is 0 Å². The van der Waals surface area contributed by atoms with Gasteiger partial charge < -0.3 is 26.8 Å². The fraction of sp³-hybridized carbons (Fsp3) is 0. The number of quaternary nitrogens is 1. The van der Waals surface area contributed by atoms with Crippen molar-refractivity contribution in [2.45, 2.75) is 0 Å². The predicted molar refractivity (Wildman–Crippen MR) is 34.2 cm³/mol. The van der Waals surface area contributed by atoms with Crippen LogP contribution in [0.1, 0.15) is 0 Å². The number of hydrogen-bond acceptors (Lipinski definition) is 4. The molecule has 1 fully saturated rings. The van der Waals surface area contributed by atoms with Crippen molar-refractivity contribution in [3.8, 4) is 0 Å². The third-order valence-electron chi connectivity index (χ3n) is 0.860. The third-order valence-corrected chi connectivity index (χ3v) is 0.860. The maximum Gasteiger partial charge on any atom is 0.457 e. The molecule has 0 aromatic rings. The topological polar surface area (TPSA) is 143 Å². The van der Waals surface area contributed by atoms with Crippen molar-refractivity contribution in [3.05, 3.63) is 11.0 Å². The van der Waals surface area contributed by atoms with Crippen LogP contribution in [0.5, 0.6) is 0 Å². The van der Waals surface area contributed by atoms with Gasteiger partial charge in [-0.1, -0.05) is 0 Å². The Balaban J connectivity index is 0.000000720. The van der Waals surface area contributed by atoms with Gasteiger partial charge in [-0.3, -0.25) is 4.79 Å². The van der Waals surface area contributed by atoms with Crippen molar-refractivity contribution in [2.75, 3.05) is 0 Å². The van der Waals surface area contributed by atoms with E-state index in [0.717, 1.165) is 4.79 Å². The molecular formula is C2H4N8O2. The van der Waals surface area contributed by atoms with Crippen LogP contribution >= 0.6 is 0 Å². The molecule has 0 saturated carbocycles. The Morgan fingerprint density at radius 2 is 2.00 bits per heavy atom. The maximum absolute atomic E-state index is 10.3. The molecule has 2 heterocycles. The molecule has 0 aromatic heterocycles. The Kier molecular flexibility index (Phi) is 1.92. The zero-order valence-electron chi connectivity index (χ0n) is 5.95. The highest BCUT2D eigenvalue weighted by molar-refractivity contribution is 5.84. The van der Waals surface area contributed by atoms with Gasteiger partial charge in [0, 0.05) is 0 Å². The van der Waals surface area contributed by atoms with E-state index in [-0.39, 0.29) is 12.1 Å². The van der Waals surface area contributed by atoms with Gasteiger partial charge in [0.05, 0.1) is 20.7 Å². The summed E-state index contributed by atoms with van der Waals surface area (Å²) < 4.78 is 0. The molecule has 1 amide bonds. The summed E-state index contributed by atoms with van der Waals surface area (Å²) >= 11 is 0. The van der Waals surface area contributed by atoms with Crippen molar-refractivity contribution in [2.24, 2.45) is 20.7 Å². The van der Waals surface area contributed by atoms with Crippen LogP contribution in [0.3, 0.4) is 0 Å². The Morgan fingerprint density at radius 1 is 1.33 bits per heavy atom. The van der Waals surface area contributed by atoms with Crippen LogP contribution in [-0.2, 0) is 4.84 Å². The standard InChI is InChI=1S/C2N7O2.H3N/c10-2-5-9(8-11-2)1-3-6-7-4-1;/h;1H3/q-1;/p+1. The van der Waals surface area contributed by atoms with Gasteiger partial charge in [0.1, 0.15) is 0 Å². The first-order valence-corrected chi connectivity index (χ1v) is 2.49. The van der Waals surface area contributed by atoms with Crippen LogP contribution in [0.25, 0.3) is 11.0 Å². The van der Waals surface area contributed by atoms with Gasteiger partial charge in [-0.2, -0.15) is 0 Å². The lowest BCUT2D eigenvalue weighted by molar-refractivity contribution is -0.430. The highest BCUT2D eigenvalue weighted by atomic mass is 16.8. The Hall–Kier alpha value is -2.10. The molecule has 0 unspecified atom stereocenters. The predicted octanol–water partition coefficient (Wildman–Crippen LogP) is 1.21. The second-order valence-electron chi connectivity index (χ2n) is 1.51. The first-order valence-electron chi connectivity index (χ1n) is 2.49. The molecule has 2 aliphatic rings. The first kappa shape index (κ1) is 8.00. The van der Waals surface area contributed by atoms with Crippen molar-refractivity contribution >= 4 is 12.1 Å². The number of carbonyl (C=O) groups excluding carboxylic acids is 1. The molecule has 2 aliphatic heterocycles. The summed E-state index contributed by atoms with van der Waals surface area (Å²) in [6, 6.07) is 0. The highest BCUT2D eigenvalue weighted by Gasteiger charge is 2.13. The first-order chi connectivity index (χ1) is 5.36. The lowest BCUT2D eigenvalue weighted by atomic mass is 11.1. The Bertz CT molecular complexity index is 275. The zero-order valence-corrected chi connectivity index (χ0v) is 5.95. The lowest BCUT2D eigenvalue weighted by Crippen LogP contribution is -2.02. The largest absolute Gasteiger partial charge is 0.517 e. The molecule has 1 saturated heterocycles. The van der Waals surface area contributed by atoms with E-state index in [4.69, 9.17) is 0 Å². The van der Waals surface area contributed by atoms with E-state index in [2.05, 4.69) is 36.5 Å². The number of hydrogen-bond donors (Lipinski definition) is 1. The average molecular weight is 172 g/mol. The molecule has 12 heavy (non-hydrogen) atoms. The van der Waals surface area contributed by atoms with Crippen molar-refractivity contribution in [1.82, 2.24) is 6.15 Å². The van der Waals surface area contributed by atoms with E-state index in [0.29, 0.717) is 0 Å². The van der Waals surface area contributed by atoms with Crippen LogP contribution in [0.4, 0.5) is 4.79 Å². The molecular weight excluding hydrogens is 168 g/mol. The molecule has 2 rings (SSSR count). The van der Waals surface area contributed by atoms with Crippen LogP contribution < -0.4 is 6.15 Å². The van der Waals surface area contributed by atoms with Gasteiger partial charge in [-0.25, -0.2) is 0 Å². The number of guanidine groups is 1. The molecule has 0 radical (unpaired) electrons. The summed E-state index contributed by atoms with van der Waals surface area (Å²) in [5.41, 5.74) is 6.40. The van der Waals surface area contributed by atoms with E-state index in [1.54, 1.807) is 0 Å². The number of carbonyl (C=O) groups is 1. The molecule has 10 heteroatoms. The molecule has 0 aliphatic carbocycles. The fourth-order valence-electron chi connectivity index (χ4n) is 0.489. The SMILES string of the molecule is O=C1[N-][N+](=C2N=NN=N2)[N-]O1.[NH4+]. The number of nitrogens with zero attached hydrogens (tertiary/aromatic N) is 7. The molecule has 0 spiro atoms. The smallest absolute Gasteiger partial charge is 0.457 e. The van der Waals surface area contributed by atoms with Crippen molar-refractivity contribution < 1.29 is 14.4 Å². The molecule has 0 aromatic carbocycles. The quantitative estimate of drug-likeness (QED) is 0.547. The fourth-order valence-corrected chi connectivity index (χ4v) is 0.489. The zero-order chi connectivity index (χ0) is 7.68. The van der Waals surface area contributed by atoms with Crippen LogP contribution in [0.15, 0.2) is 20.7 Å².